The molecule has 3 rings (SSSR count). The number of rotatable bonds is 4. The molecule has 3 heteroatoms. The summed E-state index contributed by atoms with van der Waals surface area (Å²) in [5.74, 6) is 2.20. The van der Waals surface area contributed by atoms with E-state index in [2.05, 4.69) is 0 Å². The molecule has 0 aliphatic heterocycles. The van der Waals surface area contributed by atoms with Gasteiger partial charge < -0.3 is 10.5 Å². The van der Waals surface area contributed by atoms with Crippen molar-refractivity contribution in [3.63, 3.8) is 0 Å². The summed E-state index contributed by atoms with van der Waals surface area (Å²) >= 11 is 0. The average molecular weight is 249 g/mol. The lowest BCUT2D eigenvalue weighted by Crippen LogP contribution is -2.24. The zero-order valence-electron chi connectivity index (χ0n) is 10.6. The first kappa shape index (κ1) is 12.0. The molecule has 98 valence electrons. The van der Waals surface area contributed by atoms with Crippen LogP contribution in [0.4, 0.5) is 4.39 Å². The van der Waals surface area contributed by atoms with Gasteiger partial charge in [0.25, 0.3) is 0 Å². The van der Waals surface area contributed by atoms with Crippen LogP contribution in [0.3, 0.4) is 0 Å². The Bertz CT molecular complexity index is 435. The molecule has 2 aliphatic carbocycles. The SMILES string of the molecule is NCCc1cc(F)ccc1OC1CC2CCC1C2. The molecule has 0 spiro atoms. The largest absolute Gasteiger partial charge is 0.490 e. The Hall–Kier alpha value is -1.09. The maximum Gasteiger partial charge on any atom is 0.123 e. The predicted molar refractivity (Wildman–Crippen MR) is 69.0 cm³/mol. The predicted octanol–water partition coefficient (Wildman–Crippen LogP) is 2.89. The van der Waals surface area contributed by atoms with E-state index in [0.717, 1.165) is 17.2 Å². The van der Waals surface area contributed by atoms with E-state index in [1.165, 1.54) is 31.7 Å². The Morgan fingerprint density at radius 1 is 1.28 bits per heavy atom. The van der Waals surface area contributed by atoms with Crippen molar-refractivity contribution < 1.29 is 9.13 Å². The number of benzene rings is 1. The number of nitrogens with two attached hydrogens (primary N) is 1. The third-order valence-electron chi connectivity index (χ3n) is 4.39. The molecule has 0 amide bonds. The van der Waals surface area contributed by atoms with Crippen molar-refractivity contribution in [1.29, 1.82) is 0 Å². The van der Waals surface area contributed by atoms with Gasteiger partial charge in [0.05, 0.1) is 0 Å². The summed E-state index contributed by atoms with van der Waals surface area (Å²) in [6, 6.07) is 4.78. The number of ether oxygens (including phenoxy) is 1. The molecule has 2 nitrogen and oxygen atoms in total. The van der Waals surface area contributed by atoms with Crippen molar-refractivity contribution in [3.8, 4) is 5.75 Å². The van der Waals surface area contributed by atoms with Gasteiger partial charge in [-0.15, -0.1) is 0 Å². The van der Waals surface area contributed by atoms with Crippen LogP contribution >= 0.6 is 0 Å². The lowest BCUT2D eigenvalue weighted by atomic mass is 9.97. The molecule has 1 aromatic carbocycles. The van der Waals surface area contributed by atoms with Crippen LogP contribution in [0.1, 0.15) is 31.2 Å². The monoisotopic (exact) mass is 249 g/mol. The van der Waals surface area contributed by atoms with Gasteiger partial charge in [-0.2, -0.15) is 0 Å². The van der Waals surface area contributed by atoms with E-state index in [1.807, 2.05) is 0 Å². The Labute approximate surface area is 107 Å². The van der Waals surface area contributed by atoms with Gasteiger partial charge in [-0.1, -0.05) is 0 Å². The highest BCUT2D eigenvalue weighted by atomic mass is 19.1. The van der Waals surface area contributed by atoms with Crippen LogP contribution < -0.4 is 10.5 Å². The van der Waals surface area contributed by atoms with E-state index >= 15 is 0 Å². The molecule has 2 bridgehead atoms. The van der Waals surface area contributed by atoms with Crippen molar-refractivity contribution in [1.82, 2.24) is 0 Å². The molecule has 18 heavy (non-hydrogen) atoms. The normalized spacial score (nSPS) is 29.8. The zero-order valence-corrected chi connectivity index (χ0v) is 10.6. The summed E-state index contributed by atoms with van der Waals surface area (Å²) in [4.78, 5) is 0. The molecular formula is C15H20FNO. The fourth-order valence-corrected chi connectivity index (χ4v) is 3.51. The summed E-state index contributed by atoms with van der Waals surface area (Å²) in [7, 11) is 0. The van der Waals surface area contributed by atoms with Crippen LogP contribution in [-0.4, -0.2) is 12.6 Å². The molecule has 0 saturated heterocycles. The Kier molecular flexibility index (Phi) is 3.25. The second-order valence-corrected chi connectivity index (χ2v) is 5.62. The highest BCUT2D eigenvalue weighted by Crippen LogP contribution is 2.46. The molecule has 1 aromatic rings. The quantitative estimate of drug-likeness (QED) is 0.890. The molecule has 0 heterocycles. The van der Waals surface area contributed by atoms with E-state index in [-0.39, 0.29) is 5.82 Å². The van der Waals surface area contributed by atoms with Crippen molar-refractivity contribution in [2.24, 2.45) is 17.6 Å². The van der Waals surface area contributed by atoms with Gasteiger partial charge in [0.15, 0.2) is 0 Å². The van der Waals surface area contributed by atoms with Gasteiger partial charge in [-0.25, -0.2) is 4.39 Å². The first-order valence-electron chi connectivity index (χ1n) is 6.91. The number of halogens is 1. The summed E-state index contributed by atoms with van der Waals surface area (Å²) in [5.41, 5.74) is 6.47. The Morgan fingerprint density at radius 2 is 2.17 bits per heavy atom. The summed E-state index contributed by atoms with van der Waals surface area (Å²) in [6.07, 6.45) is 6.16. The molecule has 2 fully saturated rings. The molecule has 2 aliphatic rings. The fraction of sp³-hybridized carbons (Fsp3) is 0.600. The minimum atomic E-state index is -0.209. The van der Waals surface area contributed by atoms with Crippen LogP contribution in [0.15, 0.2) is 18.2 Å². The molecule has 3 atom stereocenters. The second kappa shape index (κ2) is 4.88. The minimum absolute atomic E-state index is 0.209. The van der Waals surface area contributed by atoms with Crippen LogP contribution in [-0.2, 0) is 6.42 Å². The van der Waals surface area contributed by atoms with E-state index in [0.29, 0.717) is 25.0 Å². The average Bonchev–Trinajstić information content (AvgIpc) is 2.95. The standard InChI is InChI=1S/C15H20FNO/c16-13-3-4-14(12(9-13)5-6-17)18-15-8-10-1-2-11(15)7-10/h3-4,9-11,15H,1-2,5-8,17H2. The van der Waals surface area contributed by atoms with E-state index in [4.69, 9.17) is 10.5 Å². The van der Waals surface area contributed by atoms with Gasteiger partial charge in [-0.05, 0) is 74.2 Å². The second-order valence-electron chi connectivity index (χ2n) is 5.62. The molecule has 2 saturated carbocycles. The van der Waals surface area contributed by atoms with Crippen molar-refractivity contribution >= 4 is 0 Å². The lowest BCUT2D eigenvalue weighted by molar-refractivity contribution is 0.137. The summed E-state index contributed by atoms with van der Waals surface area (Å²) < 4.78 is 19.4. The zero-order chi connectivity index (χ0) is 12.5. The third-order valence-corrected chi connectivity index (χ3v) is 4.39. The van der Waals surface area contributed by atoms with Crippen LogP contribution in [0.25, 0.3) is 0 Å². The van der Waals surface area contributed by atoms with Gasteiger partial charge in [0.1, 0.15) is 17.7 Å². The number of hydrogen-bond donors (Lipinski definition) is 1. The van der Waals surface area contributed by atoms with Crippen molar-refractivity contribution in [2.45, 2.75) is 38.2 Å². The summed E-state index contributed by atoms with van der Waals surface area (Å²) in [6.45, 7) is 0.524. The smallest absolute Gasteiger partial charge is 0.123 e. The molecule has 0 aromatic heterocycles. The maximum absolute atomic E-state index is 13.2. The molecular weight excluding hydrogens is 229 g/mol. The van der Waals surface area contributed by atoms with Gasteiger partial charge in [-0.3, -0.25) is 0 Å². The van der Waals surface area contributed by atoms with Gasteiger partial charge in [0.2, 0.25) is 0 Å². The van der Waals surface area contributed by atoms with E-state index < -0.39 is 0 Å². The number of fused-ring (bicyclic) bond motifs is 2. The first-order chi connectivity index (χ1) is 8.76. The Balaban J connectivity index is 1.75. The van der Waals surface area contributed by atoms with Crippen molar-refractivity contribution in [2.75, 3.05) is 6.54 Å². The van der Waals surface area contributed by atoms with E-state index in [1.54, 1.807) is 12.1 Å². The Morgan fingerprint density at radius 3 is 2.83 bits per heavy atom. The number of hydrogen-bond acceptors (Lipinski definition) is 2. The maximum atomic E-state index is 13.2. The molecule has 2 N–H and O–H groups in total. The topological polar surface area (TPSA) is 35.2 Å². The lowest BCUT2D eigenvalue weighted by Gasteiger charge is -2.24. The first-order valence-corrected chi connectivity index (χ1v) is 6.91. The van der Waals surface area contributed by atoms with Gasteiger partial charge in [0, 0.05) is 0 Å². The summed E-state index contributed by atoms with van der Waals surface area (Å²) in [5, 5.41) is 0. The highest BCUT2D eigenvalue weighted by molar-refractivity contribution is 5.34. The molecule has 0 radical (unpaired) electrons. The van der Waals surface area contributed by atoms with Crippen LogP contribution in [0, 0.1) is 17.7 Å². The van der Waals surface area contributed by atoms with E-state index in [9.17, 15) is 4.39 Å². The van der Waals surface area contributed by atoms with Crippen LogP contribution in [0.5, 0.6) is 5.75 Å². The third kappa shape index (κ3) is 2.24. The van der Waals surface area contributed by atoms with Crippen LogP contribution in [0.2, 0.25) is 0 Å². The van der Waals surface area contributed by atoms with Crippen molar-refractivity contribution in [3.05, 3.63) is 29.6 Å². The highest BCUT2D eigenvalue weighted by Gasteiger charge is 2.41. The van der Waals surface area contributed by atoms with Gasteiger partial charge >= 0.3 is 0 Å². The minimum Gasteiger partial charge on any atom is -0.490 e. The molecule has 3 unspecified atom stereocenters. The fourth-order valence-electron chi connectivity index (χ4n) is 3.51.